The molecule has 2 aliphatic heterocycles. The second kappa shape index (κ2) is 17.7. The second-order valence-corrected chi connectivity index (χ2v) is 12.2. The summed E-state index contributed by atoms with van der Waals surface area (Å²) in [5, 5.41) is 63.1. The zero-order valence-corrected chi connectivity index (χ0v) is 25.4. The van der Waals surface area contributed by atoms with E-state index in [1.54, 1.807) is 0 Å². The number of carbonyl (C=O) groups is 1. The maximum atomic E-state index is 12.3. The number of nitrogens with two attached hydrogens (primary N) is 4. The minimum atomic E-state index is -1.68. The van der Waals surface area contributed by atoms with Gasteiger partial charge in [-0.3, -0.25) is 4.79 Å². The van der Waals surface area contributed by atoms with Crippen molar-refractivity contribution in [3.05, 3.63) is 0 Å². The largest absolute Gasteiger partial charge is 0.463 e. The molecule has 0 radical (unpaired) electrons. The first-order chi connectivity index (χ1) is 20.9. The van der Waals surface area contributed by atoms with E-state index in [0.717, 1.165) is 19.3 Å². The topological polar surface area (TPSA) is 289 Å². The standard InChI is InChI=1S/C28H54N4O12/c1-2-3-4-5-6-7-8-9-17(33)40-12-16-19(34)18(32)21(36)27(42-16)43-25-13(30)10-14(31)26(24(25)39)44-28-23(38)22(37)20(35)15(11-29)41-28/h13-16,18-28,34-39H,2-12,29-32H2,1H3/t13?,14?,15?,16-,18?,19?,20-,21-,22?,23?,24-,25?,26?,27?,28-/m1/s1. The van der Waals surface area contributed by atoms with Crippen LogP contribution in [0.4, 0.5) is 0 Å². The van der Waals surface area contributed by atoms with Gasteiger partial charge in [-0.05, 0) is 12.8 Å². The van der Waals surface area contributed by atoms with Crippen LogP contribution in [0.1, 0.15) is 64.7 Å². The van der Waals surface area contributed by atoms with Gasteiger partial charge in [-0.15, -0.1) is 0 Å². The van der Waals surface area contributed by atoms with Gasteiger partial charge in [-0.2, -0.15) is 0 Å². The van der Waals surface area contributed by atoms with Crippen LogP contribution >= 0.6 is 0 Å². The molecular formula is C28H54N4O12. The van der Waals surface area contributed by atoms with Crippen LogP contribution in [0, 0.1) is 0 Å². The van der Waals surface area contributed by atoms with E-state index in [4.69, 9.17) is 46.6 Å². The van der Waals surface area contributed by atoms with E-state index < -0.39 is 97.7 Å². The van der Waals surface area contributed by atoms with Gasteiger partial charge in [0.15, 0.2) is 12.6 Å². The molecule has 14 N–H and O–H groups in total. The van der Waals surface area contributed by atoms with Crippen molar-refractivity contribution in [2.75, 3.05) is 13.2 Å². The molecule has 0 bridgehead atoms. The van der Waals surface area contributed by atoms with Crippen molar-refractivity contribution in [1.29, 1.82) is 0 Å². The normalized spacial score (nSPS) is 43.1. The monoisotopic (exact) mass is 638 g/mol. The zero-order chi connectivity index (χ0) is 32.6. The van der Waals surface area contributed by atoms with Crippen molar-refractivity contribution in [2.45, 2.75) is 156 Å². The first-order valence-corrected chi connectivity index (χ1v) is 15.7. The SMILES string of the molecule is CCCCCCCCCC(=O)OC[C@H]1OC(OC2C(N)CC(N)C(O[C@H]3OC(CN)[C@@H](O)C(O)C3O)[C@@H]2O)[C@H](O)C(N)C1O. The molecule has 2 heterocycles. The smallest absolute Gasteiger partial charge is 0.305 e. The van der Waals surface area contributed by atoms with E-state index in [-0.39, 0.29) is 26.0 Å². The summed E-state index contributed by atoms with van der Waals surface area (Å²) in [5.41, 5.74) is 24.1. The average molecular weight is 639 g/mol. The molecule has 44 heavy (non-hydrogen) atoms. The fourth-order valence-electron chi connectivity index (χ4n) is 5.86. The molecule has 10 unspecified atom stereocenters. The van der Waals surface area contributed by atoms with E-state index in [1.807, 2.05) is 0 Å². The lowest BCUT2D eigenvalue weighted by atomic mass is 9.84. The minimum Gasteiger partial charge on any atom is -0.463 e. The predicted octanol–water partition coefficient (Wildman–Crippen LogP) is -3.60. The first kappa shape index (κ1) is 37.4. The highest BCUT2D eigenvalue weighted by molar-refractivity contribution is 5.69. The summed E-state index contributed by atoms with van der Waals surface area (Å²) in [5.74, 6) is -0.452. The fourth-order valence-corrected chi connectivity index (χ4v) is 5.86. The summed E-state index contributed by atoms with van der Waals surface area (Å²) in [4.78, 5) is 12.3. The van der Waals surface area contributed by atoms with Crippen LogP contribution in [-0.4, -0.2) is 142 Å². The number of aliphatic hydroxyl groups is 6. The Morgan fingerprint density at radius 1 is 0.705 bits per heavy atom. The summed E-state index contributed by atoms with van der Waals surface area (Å²) in [6.45, 7) is 1.64. The maximum absolute atomic E-state index is 12.3. The van der Waals surface area contributed by atoms with Crippen molar-refractivity contribution in [2.24, 2.45) is 22.9 Å². The first-order valence-electron chi connectivity index (χ1n) is 15.7. The van der Waals surface area contributed by atoms with Gasteiger partial charge in [0.2, 0.25) is 0 Å². The molecule has 3 aliphatic rings. The van der Waals surface area contributed by atoms with Gasteiger partial charge in [0, 0.05) is 25.0 Å². The van der Waals surface area contributed by atoms with Crippen LogP contribution < -0.4 is 22.9 Å². The number of aliphatic hydroxyl groups excluding tert-OH is 6. The Bertz CT molecular complexity index is 861. The Labute approximate surface area is 257 Å². The third-order valence-corrected chi connectivity index (χ3v) is 8.70. The molecule has 258 valence electrons. The molecule has 3 rings (SSSR count). The lowest BCUT2D eigenvalue weighted by Gasteiger charge is -2.48. The van der Waals surface area contributed by atoms with Gasteiger partial charge < -0.3 is 77.3 Å². The molecule has 0 amide bonds. The number of esters is 1. The molecule has 2 saturated heterocycles. The Morgan fingerprint density at radius 2 is 1.25 bits per heavy atom. The highest BCUT2D eigenvalue weighted by atomic mass is 16.7. The van der Waals surface area contributed by atoms with Crippen molar-refractivity contribution < 1.29 is 59.1 Å². The molecule has 0 aromatic carbocycles. The molecule has 3 fully saturated rings. The second-order valence-electron chi connectivity index (χ2n) is 12.2. The molecule has 0 aromatic heterocycles. The van der Waals surface area contributed by atoms with Gasteiger partial charge >= 0.3 is 5.97 Å². The van der Waals surface area contributed by atoms with Gasteiger partial charge in [0.25, 0.3) is 0 Å². The molecule has 1 saturated carbocycles. The summed E-state index contributed by atoms with van der Waals surface area (Å²) in [6, 6.07) is -2.96. The lowest BCUT2D eigenvalue weighted by Crippen LogP contribution is -2.68. The molecule has 0 aromatic rings. The minimum absolute atomic E-state index is 0.0673. The number of unbranched alkanes of at least 4 members (excludes halogenated alkanes) is 6. The third kappa shape index (κ3) is 9.48. The van der Waals surface area contributed by atoms with E-state index in [9.17, 15) is 35.4 Å². The quantitative estimate of drug-likeness (QED) is 0.0612. The predicted molar refractivity (Wildman–Crippen MR) is 154 cm³/mol. The number of carbonyl (C=O) groups excluding carboxylic acids is 1. The highest BCUT2D eigenvalue weighted by Crippen LogP contribution is 2.31. The van der Waals surface area contributed by atoms with Crippen LogP contribution in [0.25, 0.3) is 0 Å². The van der Waals surface area contributed by atoms with Crippen LogP contribution in [0.2, 0.25) is 0 Å². The fraction of sp³-hybridized carbons (Fsp3) is 0.964. The van der Waals surface area contributed by atoms with Crippen molar-refractivity contribution in [3.63, 3.8) is 0 Å². The van der Waals surface area contributed by atoms with Gasteiger partial charge in [0.05, 0.1) is 6.04 Å². The number of rotatable bonds is 15. The average Bonchev–Trinajstić information content (AvgIpc) is 2.99. The third-order valence-electron chi connectivity index (χ3n) is 8.70. The Hall–Kier alpha value is -1.09. The van der Waals surface area contributed by atoms with E-state index in [2.05, 4.69) is 6.92 Å². The molecular weight excluding hydrogens is 584 g/mol. The summed E-state index contributed by atoms with van der Waals surface area (Å²) in [7, 11) is 0. The van der Waals surface area contributed by atoms with Crippen LogP contribution in [0.3, 0.4) is 0 Å². The van der Waals surface area contributed by atoms with E-state index in [0.29, 0.717) is 6.42 Å². The van der Waals surface area contributed by atoms with Crippen LogP contribution in [0.15, 0.2) is 0 Å². The van der Waals surface area contributed by atoms with E-state index >= 15 is 0 Å². The molecule has 16 nitrogen and oxygen atoms in total. The Balaban J connectivity index is 1.57. The Kier molecular flexibility index (Phi) is 15.1. The van der Waals surface area contributed by atoms with Crippen LogP contribution in [0.5, 0.6) is 0 Å². The lowest BCUT2D eigenvalue weighted by molar-refractivity contribution is -0.332. The van der Waals surface area contributed by atoms with E-state index in [1.165, 1.54) is 19.3 Å². The van der Waals surface area contributed by atoms with Gasteiger partial charge in [0.1, 0.15) is 67.6 Å². The Morgan fingerprint density at radius 3 is 1.84 bits per heavy atom. The number of hydrogen-bond donors (Lipinski definition) is 10. The molecule has 15 atom stereocenters. The highest BCUT2D eigenvalue weighted by Gasteiger charge is 2.51. The van der Waals surface area contributed by atoms with Crippen LogP contribution in [-0.2, 0) is 28.5 Å². The zero-order valence-electron chi connectivity index (χ0n) is 25.4. The maximum Gasteiger partial charge on any atom is 0.305 e. The van der Waals surface area contributed by atoms with Gasteiger partial charge in [-0.25, -0.2) is 0 Å². The molecule has 1 aliphatic carbocycles. The van der Waals surface area contributed by atoms with Gasteiger partial charge in [-0.1, -0.05) is 45.4 Å². The molecule has 16 heteroatoms. The summed E-state index contributed by atoms with van der Waals surface area (Å²) < 4.78 is 28.2. The van der Waals surface area contributed by atoms with Crippen molar-refractivity contribution in [3.8, 4) is 0 Å². The van der Waals surface area contributed by atoms with Crippen molar-refractivity contribution >= 4 is 5.97 Å². The van der Waals surface area contributed by atoms with Crippen molar-refractivity contribution in [1.82, 2.24) is 0 Å². The molecule has 0 spiro atoms. The number of ether oxygens (including phenoxy) is 5. The summed E-state index contributed by atoms with van der Waals surface area (Å²) in [6.07, 6.45) is -9.25. The summed E-state index contributed by atoms with van der Waals surface area (Å²) >= 11 is 0. The number of hydrogen-bond acceptors (Lipinski definition) is 16.